The highest BCUT2D eigenvalue weighted by Gasteiger charge is 2.56. The van der Waals surface area contributed by atoms with Gasteiger partial charge in [-0.15, -0.1) is 0 Å². The van der Waals surface area contributed by atoms with Gasteiger partial charge in [0.2, 0.25) is 0 Å². The number of hydrogen-bond donors (Lipinski definition) is 15. The fourth-order valence-corrected chi connectivity index (χ4v) is 7.21. The van der Waals surface area contributed by atoms with Gasteiger partial charge in [-0.05, 0) is 13.8 Å². The van der Waals surface area contributed by atoms with Crippen molar-refractivity contribution >= 4 is 0 Å². The zero-order chi connectivity index (χ0) is 40.6. The molecule has 0 aliphatic carbocycles. The Balaban J connectivity index is 1.37. The molecule has 5 aliphatic rings. The molecule has 5 fully saturated rings. The van der Waals surface area contributed by atoms with Crippen molar-refractivity contribution in [2.75, 3.05) is 26.4 Å². The molecule has 0 amide bonds. The van der Waals surface area contributed by atoms with E-state index in [1.807, 2.05) is 0 Å². The van der Waals surface area contributed by atoms with E-state index in [0.717, 1.165) is 0 Å². The lowest BCUT2D eigenvalue weighted by atomic mass is 9.94. The number of aliphatic hydroxyl groups is 14. The summed E-state index contributed by atoms with van der Waals surface area (Å²) in [6, 6.07) is -1.63. The maximum absolute atomic E-state index is 11.3. The van der Waals surface area contributed by atoms with Gasteiger partial charge in [0.05, 0.1) is 44.7 Å². The van der Waals surface area contributed by atoms with Crippen molar-refractivity contribution in [1.29, 1.82) is 0 Å². The molecule has 5 rings (SSSR count). The van der Waals surface area contributed by atoms with Gasteiger partial charge in [0, 0.05) is 0 Å². The van der Waals surface area contributed by atoms with E-state index in [1.54, 1.807) is 0 Å². The second kappa shape index (κ2) is 19.0. The van der Waals surface area contributed by atoms with Crippen molar-refractivity contribution in [2.24, 2.45) is 5.73 Å². The SMILES string of the molecule is CC1O[C@@H](OC2[C@H](O[C@@H]3C(N)[C@H](O[C@@H]4C(O)[C@H](O[C@H]5C(CO)O[C@@H](C)C(O)[C@H]5O)OC(CO)[C@@H]4O)OC(CO)[C@@H]3O)OC(CO)[C@H](O)[C@@H]2O)[C@@H](O)C(O)[C@H]1O. The number of hydrogen-bond acceptors (Lipinski definition) is 24. The van der Waals surface area contributed by atoms with Crippen LogP contribution in [-0.2, 0) is 42.6 Å². The van der Waals surface area contributed by atoms with E-state index >= 15 is 0 Å². The molecule has 0 aromatic carbocycles. The van der Waals surface area contributed by atoms with Crippen molar-refractivity contribution in [2.45, 2.75) is 167 Å². The highest BCUT2D eigenvalue weighted by Crippen LogP contribution is 2.35. The molecule has 0 spiro atoms. The average Bonchev–Trinajstić information content (AvgIpc) is 3.17. The predicted octanol–water partition coefficient (Wildman–Crippen LogP) is -9.86. The fraction of sp³-hybridized carbons (Fsp3) is 1.00. The zero-order valence-electron chi connectivity index (χ0n) is 29.8. The summed E-state index contributed by atoms with van der Waals surface area (Å²) in [5.41, 5.74) is 6.44. The van der Waals surface area contributed by atoms with E-state index in [4.69, 9.17) is 48.4 Å². The minimum atomic E-state index is -1.98. The van der Waals surface area contributed by atoms with Crippen LogP contribution in [0.4, 0.5) is 0 Å². The number of aliphatic hydroxyl groups excluding tert-OH is 14. The van der Waals surface area contributed by atoms with Crippen LogP contribution in [0, 0.1) is 0 Å². The van der Waals surface area contributed by atoms with E-state index in [0.29, 0.717) is 0 Å². The summed E-state index contributed by atoms with van der Waals surface area (Å²) in [7, 11) is 0. The van der Waals surface area contributed by atoms with Crippen molar-refractivity contribution in [1.82, 2.24) is 0 Å². The maximum atomic E-state index is 11.3. The molecule has 322 valence electrons. The van der Waals surface area contributed by atoms with Gasteiger partial charge in [0.1, 0.15) is 110 Å². The molecule has 25 atom stereocenters. The summed E-state index contributed by atoms with van der Waals surface area (Å²) in [4.78, 5) is 0. The normalized spacial score (nSPS) is 53.9. The molecule has 0 aromatic rings. The summed E-state index contributed by atoms with van der Waals surface area (Å²) in [6.45, 7) is -0.510. The predicted molar refractivity (Wildman–Crippen MR) is 171 cm³/mol. The van der Waals surface area contributed by atoms with Crippen LogP contribution >= 0.6 is 0 Å². The summed E-state index contributed by atoms with van der Waals surface area (Å²) in [5.74, 6) is 0. The monoisotopic (exact) mass is 809 g/mol. The van der Waals surface area contributed by atoms with Crippen molar-refractivity contribution in [3.05, 3.63) is 0 Å². The van der Waals surface area contributed by atoms with Crippen LogP contribution in [0.25, 0.3) is 0 Å². The van der Waals surface area contributed by atoms with Gasteiger partial charge in [0.15, 0.2) is 25.2 Å². The number of nitrogens with two attached hydrogens (primary N) is 1. The van der Waals surface area contributed by atoms with E-state index < -0.39 is 180 Å². The van der Waals surface area contributed by atoms with Crippen molar-refractivity contribution in [3.8, 4) is 0 Å². The first-order valence-corrected chi connectivity index (χ1v) is 17.9. The smallest absolute Gasteiger partial charge is 0.187 e. The maximum Gasteiger partial charge on any atom is 0.187 e. The molecule has 55 heavy (non-hydrogen) atoms. The molecule has 16 N–H and O–H groups in total. The first-order valence-electron chi connectivity index (χ1n) is 17.9. The van der Waals surface area contributed by atoms with Gasteiger partial charge < -0.3 is 120 Å². The van der Waals surface area contributed by atoms with Crippen LogP contribution in [0.1, 0.15) is 13.8 Å². The molecule has 0 saturated carbocycles. The highest BCUT2D eigenvalue weighted by atomic mass is 16.8. The third-order valence-corrected chi connectivity index (χ3v) is 10.6. The van der Waals surface area contributed by atoms with E-state index in [9.17, 15) is 71.5 Å². The highest BCUT2D eigenvalue weighted by molar-refractivity contribution is 5.00. The molecule has 0 radical (unpaired) electrons. The molecule has 5 aliphatic heterocycles. The third kappa shape index (κ3) is 9.13. The Morgan fingerprint density at radius 2 is 0.782 bits per heavy atom. The summed E-state index contributed by atoms with van der Waals surface area (Å²) >= 11 is 0. The summed E-state index contributed by atoms with van der Waals surface area (Å²) in [5, 5.41) is 147. The van der Waals surface area contributed by atoms with Crippen LogP contribution < -0.4 is 5.73 Å². The average molecular weight is 810 g/mol. The molecule has 5 heterocycles. The quantitative estimate of drug-likeness (QED) is 0.0870. The Morgan fingerprint density at radius 1 is 0.364 bits per heavy atom. The molecule has 24 heteroatoms. The van der Waals surface area contributed by atoms with Crippen molar-refractivity contribution < 1.29 is 114 Å². The fourth-order valence-electron chi connectivity index (χ4n) is 7.21. The first kappa shape index (κ1) is 45.1. The largest absolute Gasteiger partial charge is 0.394 e. The lowest BCUT2D eigenvalue weighted by Gasteiger charge is -2.50. The lowest BCUT2D eigenvalue weighted by Crippen LogP contribution is -2.69. The Morgan fingerprint density at radius 3 is 1.38 bits per heavy atom. The van der Waals surface area contributed by atoms with Gasteiger partial charge in [0.25, 0.3) is 0 Å². The summed E-state index contributed by atoms with van der Waals surface area (Å²) in [6.07, 6.45) is -39.5. The molecule has 0 aromatic heterocycles. The Labute approximate surface area is 313 Å². The second-order valence-corrected chi connectivity index (χ2v) is 14.3. The standard InChI is InChI=1S/C31H55NO23/c1-7-15(38)20(43)24(12(6-36)47-7)52-30-23(46)26(18(41)11(5-35)50-30)54-28-13(32)25(17(40)10(4-34)49-28)53-31-27(21(44)16(39)9(3-33)51-31)55-29-22(45)19(42)14(37)8(2)48-29/h7-31,33-46H,3-6,32H2,1-2H3/t7-,8?,9?,10?,11?,12?,13?,14-,15?,16-,17-,18-,19?,20+,21-,22-,23?,24-,25+,26-,27?,28-,29-,30-,31-/m0/s1. The van der Waals surface area contributed by atoms with E-state index in [2.05, 4.69) is 0 Å². The van der Waals surface area contributed by atoms with Crippen molar-refractivity contribution in [3.63, 3.8) is 0 Å². The minimum absolute atomic E-state index is 0.686. The molecular formula is C31H55NO23. The topological polar surface area (TPSA) is 392 Å². The first-order chi connectivity index (χ1) is 26.0. The molecule has 0 bridgehead atoms. The third-order valence-electron chi connectivity index (χ3n) is 10.6. The Bertz CT molecular complexity index is 1200. The molecule has 5 saturated heterocycles. The van der Waals surface area contributed by atoms with Crippen LogP contribution in [0.3, 0.4) is 0 Å². The Kier molecular flexibility index (Phi) is 15.6. The lowest BCUT2D eigenvalue weighted by molar-refractivity contribution is -0.387. The van der Waals surface area contributed by atoms with Gasteiger partial charge in [-0.2, -0.15) is 0 Å². The van der Waals surface area contributed by atoms with Gasteiger partial charge in [-0.3, -0.25) is 0 Å². The van der Waals surface area contributed by atoms with Crippen LogP contribution in [0.5, 0.6) is 0 Å². The molecule has 24 nitrogen and oxygen atoms in total. The summed E-state index contributed by atoms with van der Waals surface area (Å²) < 4.78 is 51.1. The van der Waals surface area contributed by atoms with Gasteiger partial charge in [-0.1, -0.05) is 0 Å². The number of ether oxygens (including phenoxy) is 9. The molecular weight excluding hydrogens is 754 g/mol. The zero-order valence-corrected chi connectivity index (χ0v) is 29.8. The molecule has 10 unspecified atom stereocenters. The minimum Gasteiger partial charge on any atom is -0.394 e. The van der Waals surface area contributed by atoms with Gasteiger partial charge in [-0.25, -0.2) is 0 Å². The second-order valence-electron chi connectivity index (χ2n) is 14.3. The number of rotatable bonds is 12. The van der Waals surface area contributed by atoms with Crippen LogP contribution in [-0.4, -0.2) is 251 Å². The van der Waals surface area contributed by atoms with Crippen LogP contribution in [0.2, 0.25) is 0 Å². The van der Waals surface area contributed by atoms with Gasteiger partial charge >= 0.3 is 0 Å². The van der Waals surface area contributed by atoms with E-state index in [1.165, 1.54) is 13.8 Å². The van der Waals surface area contributed by atoms with Crippen LogP contribution in [0.15, 0.2) is 0 Å². The Hall–Kier alpha value is -0.960. The van der Waals surface area contributed by atoms with E-state index in [-0.39, 0.29) is 0 Å².